The molecule has 5 heteroatoms. The molecule has 1 aromatic heterocycles. The molecule has 76 valence electrons. The SMILES string of the molecule is O=C(O)CC#Cc1ncccc1C(=O)O. The van der Waals surface area contributed by atoms with E-state index in [9.17, 15) is 9.59 Å². The first-order valence-electron chi connectivity index (χ1n) is 4.00. The van der Waals surface area contributed by atoms with E-state index in [4.69, 9.17) is 10.2 Å². The molecule has 0 bridgehead atoms. The van der Waals surface area contributed by atoms with E-state index in [1.807, 2.05) is 0 Å². The van der Waals surface area contributed by atoms with E-state index in [1.54, 1.807) is 0 Å². The van der Waals surface area contributed by atoms with Gasteiger partial charge in [0.25, 0.3) is 0 Å². The molecule has 0 fully saturated rings. The van der Waals surface area contributed by atoms with Crippen LogP contribution in [-0.2, 0) is 4.79 Å². The summed E-state index contributed by atoms with van der Waals surface area (Å²) < 4.78 is 0. The second kappa shape index (κ2) is 4.77. The van der Waals surface area contributed by atoms with Crippen LogP contribution >= 0.6 is 0 Å². The molecule has 0 aliphatic heterocycles. The van der Waals surface area contributed by atoms with Gasteiger partial charge in [0.1, 0.15) is 12.1 Å². The summed E-state index contributed by atoms with van der Waals surface area (Å²) in [6, 6.07) is 2.84. The number of aromatic nitrogens is 1. The molecule has 0 radical (unpaired) electrons. The van der Waals surface area contributed by atoms with Crippen LogP contribution in [0.1, 0.15) is 22.5 Å². The van der Waals surface area contributed by atoms with Crippen molar-refractivity contribution < 1.29 is 19.8 Å². The summed E-state index contributed by atoms with van der Waals surface area (Å²) in [5, 5.41) is 17.1. The Hall–Kier alpha value is -2.35. The standard InChI is InChI=1S/C10H7NO4/c12-9(13)5-1-4-8-7(10(14)15)3-2-6-11-8/h2-3,6H,5H2,(H,12,13)(H,14,15). The Kier molecular flexibility index (Phi) is 3.41. The van der Waals surface area contributed by atoms with E-state index >= 15 is 0 Å². The van der Waals surface area contributed by atoms with E-state index in [0.29, 0.717) is 0 Å². The molecule has 0 spiro atoms. The third-order valence-electron chi connectivity index (χ3n) is 1.48. The van der Waals surface area contributed by atoms with Crippen LogP contribution in [0.3, 0.4) is 0 Å². The summed E-state index contributed by atoms with van der Waals surface area (Å²) in [5.74, 6) is 2.53. The maximum absolute atomic E-state index is 10.7. The van der Waals surface area contributed by atoms with Gasteiger partial charge < -0.3 is 10.2 Å². The van der Waals surface area contributed by atoms with Crippen molar-refractivity contribution in [2.24, 2.45) is 0 Å². The molecule has 0 aliphatic carbocycles. The second-order valence-electron chi connectivity index (χ2n) is 2.58. The Morgan fingerprint density at radius 2 is 2.13 bits per heavy atom. The minimum Gasteiger partial charge on any atom is -0.481 e. The molecule has 0 aromatic carbocycles. The molecule has 1 aromatic rings. The average Bonchev–Trinajstić information content (AvgIpc) is 2.17. The Morgan fingerprint density at radius 3 is 2.73 bits per heavy atom. The average molecular weight is 205 g/mol. The van der Waals surface area contributed by atoms with Crippen molar-refractivity contribution in [2.75, 3.05) is 0 Å². The van der Waals surface area contributed by atoms with Crippen LogP contribution in [0, 0.1) is 11.8 Å². The van der Waals surface area contributed by atoms with Crippen LogP contribution in [0.4, 0.5) is 0 Å². The monoisotopic (exact) mass is 205 g/mol. The second-order valence-corrected chi connectivity index (χ2v) is 2.58. The highest BCUT2D eigenvalue weighted by atomic mass is 16.4. The number of rotatable bonds is 2. The summed E-state index contributed by atoms with van der Waals surface area (Å²) in [7, 11) is 0. The molecule has 15 heavy (non-hydrogen) atoms. The lowest BCUT2D eigenvalue weighted by atomic mass is 10.2. The number of carboxylic acid groups (broad SMARTS) is 2. The molecule has 2 N–H and O–H groups in total. The molecule has 0 amide bonds. The van der Waals surface area contributed by atoms with Gasteiger partial charge in [0.2, 0.25) is 0 Å². The van der Waals surface area contributed by atoms with Crippen LogP contribution in [-0.4, -0.2) is 27.1 Å². The van der Waals surface area contributed by atoms with E-state index in [0.717, 1.165) is 0 Å². The largest absolute Gasteiger partial charge is 0.481 e. The molecule has 1 heterocycles. The van der Waals surface area contributed by atoms with Gasteiger partial charge in [-0.2, -0.15) is 0 Å². The maximum Gasteiger partial charge on any atom is 0.338 e. The predicted octanol–water partition coefficient (Wildman–Crippen LogP) is 0.606. The zero-order chi connectivity index (χ0) is 11.3. The fraction of sp³-hybridized carbons (Fsp3) is 0.100. The van der Waals surface area contributed by atoms with Crippen LogP contribution in [0.15, 0.2) is 18.3 Å². The van der Waals surface area contributed by atoms with Gasteiger partial charge in [-0.25, -0.2) is 9.78 Å². The minimum absolute atomic E-state index is 0.0320. The van der Waals surface area contributed by atoms with Gasteiger partial charge in [0.05, 0.1) is 5.56 Å². The quantitative estimate of drug-likeness (QED) is 0.690. The van der Waals surface area contributed by atoms with Crippen LogP contribution < -0.4 is 0 Å². The van der Waals surface area contributed by atoms with Crippen molar-refractivity contribution in [3.8, 4) is 11.8 Å². The van der Waals surface area contributed by atoms with Crippen molar-refractivity contribution >= 4 is 11.9 Å². The summed E-state index contributed by atoms with van der Waals surface area (Å²) in [6.45, 7) is 0. The van der Waals surface area contributed by atoms with Gasteiger partial charge >= 0.3 is 11.9 Å². The van der Waals surface area contributed by atoms with Gasteiger partial charge in [-0.15, -0.1) is 0 Å². The van der Waals surface area contributed by atoms with E-state index < -0.39 is 11.9 Å². The number of aliphatic carboxylic acids is 1. The van der Waals surface area contributed by atoms with Gasteiger partial charge in [0, 0.05) is 6.20 Å². The highest BCUT2D eigenvalue weighted by Crippen LogP contribution is 2.03. The first kappa shape index (κ1) is 10.7. The topological polar surface area (TPSA) is 87.5 Å². The smallest absolute Gasteiger partial charge is 0.338 e. The van der Waals surface area contributed by atoms with Crippen molar-refractivity contribution in [3.63, 3.8) is 0 Å². The fourth-order valence-corrected chi connectivity index (χ4v) is 0.881. The molecule has 1 rings (SSSR count). The zero-order valence-electron chi connectivity index (χ0n) is 7.60. The summed E-state index contributed by atoms with van der Waals surface area (Å²) in [6.07, 6.45) is 1.06. The molecule has 0 saturated heterocycles. The number of pyridine rings is 1. The molecule has 0 atom stereocenters. The lowest BCUT2D eigenvalue weighted by molar-refractivity contribution is -0.135. The Labute approximate surface area is 85.4 Å². The van der Waals surface area contributed by atoms with Gasteiger partial charge in [-0.3, -0.25) is 4.79 Å². The first-order chi connectivity index (χ1) is 7.11. The molecular weight excluding hydrogens is 198 g/mol. The summed E-state index contributed by atoms with van der Waals surface area (Å²) in [4.78, 5) is 24.6. The van der Waals surface area contributed by atoms with Crippen LogP contribution in [0.5, 0.6) is 0 Å². The van der Waals surface area contributed by atoms with Crippen LogP contribution in [0.2, 0.25) is 0 Å². The lowest BCUT2D eigenvalue weighted by Crippen LogP contribution is -2.01. The normalized spacial score (nSPS) is 8.80. The van der Waals surface area contributed by atoms with Gasteiger partial charge in [0.15, 0.2) is 0 Å². The zero-order valence-corrected chi connectivity index (χ0v) is 7.60. The number of nitrogens with zero attached hydrogens (tertiary/aromatic N) is 1. The minimum atomic E-state index is -1.14. The molecule has 5 nitrogen and oxygen atoms in total. The third kappa shape index (κ3) is 3.12. The van der Waals surface area contributed by atoms with Gasteiger partial charge in [-0.05, 0) is 18.1 Å². The van der Waals surface area contributed by atoms with E-state index in [2.05, 4.69) is 16.8 Å². The molecule has 0 aliphatic rings. The van der Waals surface area contributed by atoms with Crippen molar-refractivity contribution in [1.29, 1.82) is 0 Å². The van der Waals surface area contributed by atoms with Crippen molar-refractivity contribution in [1.82, 2.24) is 4.98 Å². The Morgan fingerprint density at radius 1 is 1.40 bits per heavy atom. The first-order valence-corrected chi connectivity index (χ1v) is 4.00. The Bertz CT molecular complexity index is 456. The number of aromatic carboxylic acids is 1. The highest BCUT2D eigenvalue weighted by molar-refractivity contribution is 5.90. The predicted molar refractivity (Wildman–Crippen MR) is 50.3 cm³/mol. The number of hydrogen-bond donors (Lipinski definition) is 2. The molecule has 0 saturated carbocycles. The highest BCUT2D eigenvalue weighted by Gasteiger charge is 2.07. The Balaban J connectivity index is 2.97. The van der Waals surface area contributed by atoms with Crippen molar-refractivity contribution in [2.45, 2.75) is 6.42 Å². The maximum atomic E-state index is 10.7. The van der Waals surface area contributed by atoms with Gasteiger partial charge in [-0.1, -0.05) is 5.92 Å². The summed E-state index contributed by atoms with van der Waals surface area (Å²) in [5.41, 5.74) is 0.0432. The molecule has 0 unspecified atom stereocenters. The van der Waals surface area contributed by atoms with E-state index in [-0.39, 0.29) is 17.7 Å². The number of carboxylic acids is 2. The van der Waals surface area contributed by atoms with Crippen molar-refractivity contribution in [3.05, 3.63) is 29.6 Å². The third-order valence-corrected chi connectivity index (χ3v) is 1.48. The summed E-state index contributed by atoms with van der Waals surface area (Å²) >= 11 is 0. The van der Waals surface area contributed by atoms with Crippen LogP contribution in [0.25, 0.3) is 0 Å². The van der Waals surface area contributed by atoms with E-state index in [1.165, 1.54) is 18.3 Å². The molecular formula is C10H7NO4. The number of carbonyl (C=O) groups is 2. The fourth-order valence-electron chi connectivity index (χ4n) is 0.881. The lowest BCUT2D eigenvalue weighted by Gasteiger charge is -1.95. The number of hydrogen-bond acceptors (Lipinski definition) is 3.